The van der Waals surface area contributed by atoms with E-state index >= 15 is 0 Å². The first-order chi connectivity index (χ1) is 8.26. The first-order valence-corrected chi connectivity index (χ1v) is 5.45. The Balaban J connectivity index is 2.29. The van der Waals surface area contributed by atoms with E-state index in [1.54, 1.807) is 40.8 Å². The molecule has 6 heteroatoms. The zero-order valence-corrected chi connectivity index (χ0v) is 9.96. The summed E-state index contributed by atoms with van der Waals surface area (Å²) in [6.45, 7) is 1.14. The van der Waals surface area contributed by atoms with Crippen LogP contribution in [0.1, 0.15) is 0 Å². The van der Waals surface area contributed by atoms with Crippen LogP contribution >= 0.6 is 0 Å². The van der Waals surface area contributed by atoms with Crippen molar-refractivity contribution in [1.82, 2.24) is 19.5 Å². The zero-order valence-electron chi connectivity index (χ0n) is 9.96. The summed E-state index contributed by atoms with van der Waals surface area (Å²) in [4.78, 5) is 12.1. The highest BCUT2D eigenvalue weighted by atomic mass is 16.5. The maximum absolute atomic E-state index is 12.1. The Morgan fingerprint density at radius 3 is 3.06 bits per heavy atom. The molecule has 2 aromatic rings. The van der Waals surface area contributed by atoms with Gasteiger partial charge in [0.05, 0.1) is 12.8 Å². The number of ether oxygens (including phenoxy) is 1. The first kappa shape index (κ1) is 11.8. The number of nitrogens with zero attached hydrogens (tertiary/aromatic N) is 3. The Labute approximate surface area is 98.8 Å². The normalized spacial score (nSPS) is 13.1. The van der Waals surface area contributed by atoms with E-state index in [-0.39, 0.29) is 11.6 Å². The molecular formula is C11H16N4O2. The average Bonchev–Trinajstić information content (AvgIpc) is 2.80. The molecule has 0 radical (unpaired) electrons. The lowest BCUT2D eigenvalue weighted by Crippen LogP contribution is -2.37. The number of hydrogen-bond donors (Lipinski definition) is 1. The lowest BCUT2D eigenvalue weighted by Gasteiger charge is -2.16. The minimum atomic E-state index is -0.0404. The largest absolute Gasteiger partial charge is 0.383 e. The molecule has 0 saturated carbocycles. The molecule has 0 spiro atoms. The van der Waals surface area contributed by atoms with Crippen LogP contribution in [0.15, 0.2) is 29.5 Å². The van der Waals surface area contributed by atoms with Crippen molar-refractivity contribution in [1.29, 1.82) is 0 Å². The Kier molecular flexibility index (Phi) is 3.55. The van der Waals surface area contributed by atoms with Gasteiger partial charge in [0.1, 0.15) is 5.52 Å². The van der Waals surface area contributed by atoms with E-state index in [2.05, 4.69) is 10.4 Å². The van der Waals surface area contributed by atoms with E-state index in [0.717, 1.165) is 0 Å². The summed E-state index contributed by atoms with van der Waals surface area (Å²) >= 11 is 0. The molecule has 0 aromatic carbocycles. The maximum Gasteiger partial charge on any atom is 0.276 e. The predicted molar refractivity (Wildman–Crippen MR) is 64.2 cm³/mol. The molecule has 0 aliphatic carbocycles. The third kappa shape index (κ3) is 2.37. The fourth-order valence-electron chi connectivity index (χ4n) is 1.77. The van der Waals surface area contributed by atoms with E-state index in [0.29, 0.717) is 18.7 Å². The molecule has 92 valence electrons. The van der Waals surface area contributed by atoms with Crippen molar-refractivity contribution in [2.75, 3.05) is 20.8 Å². The van der Waals surface area contributed by atoms with Crippen molar-refractivity contribution in [2.45, 2.75) is 12.6 Å². The molecule has 2 aromatic heterocycles. The molecule has 6 nitrogen and oxygen atoms in total. The van der Waals surface area contributed by atoms with Gasteiger partial charge in [0.25, 0.3) is 5.56 Å². The smallest absolute Gasteiger partial charge is 0.276 e. The van der Waals surface area contributed by atoms with Gasteiger partial charge in [-0.15, -0.1) is 0 Å². The van der Waals surface area contributed by atoms with E-state index in [9.17, 15) is 4.79 Å². The van der Waals surface area contributed by atoms with Gasteiger partial charge in [-0.3, -0.25) is 4.79 Å². The molecule has 0 saturated heterocycles. The van der Waals surface area contributed by atoms with Gasteiger partial charge >= 0.3 is 0 Å². The van der Waals surface area contributed by atoms with E-state index < -0.39 is 0 Å². The van der Waals surface area contributed by atoms with Crippen LogP contribution in [0.25, 0.3) is 5.52 Å². The second kappa shape index (κ2) is 5.11. The van der Waals surface area contributed by atoms with E-state index in [4.69, 9.17) is 4.74 Å². The van der Waals surface area contributed by atoms with Crippen molar-refractivity contribution < 1.29 is 4.74 Å². The number of hydrogen-bond acceptors (Lipinski definition) is 4. The van der Waals surface area contributed by atoms with Crippen LogP contribution in [-0.2, 0) is 11.3 Å². The fourth-order valence-corrected chi connectivity index (χ4v) is 1.77. The van der Waals surface area contributed by atoms with Crippen LogP contribution in [0, 0.1) is 0 Å². The molecule has 0 bridgehead atoms. The summed E-state index contributed by atoms with van der Waals surface area (Å²) in [7, 11) is 3.50. The second-order valence-electron chi connectivity index (χ2n) is 3.86. The molecule has 0 amide bonds. The lowest BCUT2D eigenvalue weighted by atomic mass is 10.3. The summed E-state index contributed by atoms with van der Waals surface area (Å²) in [5.41, 5.74) is 0.543. The van der Waals surface area contributed by atoms with Gasteiger partial charge in [0.15, 0.2) is 0 Å². The number of fused-ring (bicyclic) bond motifs is 1. The summed E-state index contributed by atoms with van der Waals surface area (Å²) in [6.07, 6.45) is 5.13. The third-order valence-corrected chi connectivity index (χ3v) is 2.73. The number of methoxy groups -OCH3 is 1. The van der Waals surface area contributed by atoms with Crippen molar-refractivity contribution in [3.8, 4) is 0 Å². The molecule has 0 aliphatic rings. The van der Waals surface area contributed by atoms with Gasteiger partial charge < -0.3 is 14.6 Å². The number of nitrogens with one attached hydrogen (secondary N) is 1. The average molecular weight is 236 g/mol. The topological polar surface area (TPSA) is 60.6 Å². The number of rotatable bonds is 5. The second-order valence-corrected chi connectivity index (χ2v) is 3.86. The molecule has 0 fully saturated rings. The van der Waals surface area contributed by atoms with Gasteiger partial charge in [0.2, 0.25) is 0 Å². The van der Waals surface area contributed by atoms with E-state index in [1.165, 1.54) is 0 Å². The van der Waals surface area contributed by atoms with Crippen LogP contribution in [-0.4, -0.2) is 41.0 Å². The molecule has 1 atom stereocenters. The monoisotopic (exact) mass is 236 g/mol. The van der Waals surface area contributed by atoms with Crippen molar-refractivity contribution in [2.24, 2.45) is 0 Å². The highest BCUT2D eigenvalue weighted by molar-refractivity contribution is 5.42. The van der Waals surface area contributed by atoms with Crippen molar-refractivity contribution in [3.63, 3.8) is 0 Å². The molecule has 1 N–H and O–H groups in total. The van der Waals surface area contributed by atoms with Crippen LogP contribution in [0.2, 0.25) is 0 Å². The van der Waals surface area contributed by atoms with Gasteiger partial charge in [-0.25, -0.2) is 4.52 Å². The highest BCUT2D eigenvalue weighted by Gasteiger charge is 2.09. The number of likely N-dealkylation sites (N-methyl/N-ethyl adjacent to an activating group) is 1. The molecule has 0 aliphatic heterocycles. The van der Waals surface area contributed by atoms with Crippen molar-refractivity contribution >= 4 is 5.52 Å². The predicted octanol–water partition coefficient (Wildman–Crippen LogP) is -0.270. The molecular weight excluding hydrogens is 220 g/mol. The molecule has 17 heavy (non-hydrogen) atoms. The Bertz CT molecular complexity index is 546. The minimum Gasteiger partial charge on any atom is -0.383 e. The summed E-state index contributed by atoms with van der Waals surface area (Å²) in [6, 6.07) is 1.83. The standard InChI is InChI=1S/C11H16N4O2/c1-12-9(8-17-2)7-14-5-6-15-10(11(14)16)3-4-13-15/h3-6,9,12H,7-8H2,1-2H3. The quantitative estimate of drug-likeness (QED) is 0.776. The SMILES string of the molecule is CNC(COC)Cn1ccn2nccc2c1=O. The van der Waals surface area contributed by atoms with Crippen LogP contribution in [0.4, 0.5) is 0 Å². The van der Waals surface area contributed by atoms with Crippen LogP contribution < -0.4 is 10.9 Å². The van der Waals surface area contributed by atoms with Crippen molar-refractivity contribution in [3.05, 3.63) is 35.0 Å². The molecule has 2 heterocycles. The van der Waals surface area contributed by atoms with Gasteiger partial charge in [0, 0.05) is 32.1 Å². The van der Waals surface area contributed by atoms with Gasteiger partial charge in [-0.05, 0) is 13.1 Å². The Morgan fingerprint density at radius 1 is 1.53 bits per heavy atom. The Hall–Kier alpha value is -1.66. The van der Waals surface area contributed by atoms with Crippen LogP contribution in [0.5, 0.6) is 0 Å². The van der Waals surface area contributed by atoms with Crippen LogP contribution in [0.3, 0.4) is 0 Å². The maximum atomic E-state index is 12.1. The zero-order chi connectivity index (χ0) is 12.3. The highest BCUT2D eigenvalue weighted by Crippen LogP contribution is 1.96. The minimum absolute atomic E-state index is 0.0404. The van der Waals surface area contributed by atoms with E-state index in [1.807, 2.05) is 7.05 Å². The summed E-state index contributed by atoms with van der Waals surface area (Å²) < 4.78 is 8.32. The summed E-state index contributed by atoms with van der Waals surface area (Å²) in [5.74, 6) is 0. The summed E-state index contributed by atoms with van der Waals surface area (Å²) in [5, 5.41) is 7.13. The lowest BCUT2D eigenvalue weighted by molar-refractivity contribution is 0.162. The third-order valence-electron chi connectivity index (χ3n) is 2.73. The Morgan fingerprint density at radius 2 is 2.35 bits per heavy atom. The molecule has 2 rings (SSSR count). The number of aromatic nitrogens is 3. The molecule has 1 unspecified atom stereocenters. The van der Waals surface area contributed by atoms with Gasteiger partial charge in [-0.1, -0.05) is 0 Å². The first-order valence-electron chi connectivity index (χ1n) is 5.45. The van der Waals surface area contributed by atoms with Gasteiger partial charge in [-0.2, -0.15) is 5.10 Å². The fraction of sp³-hybridized carbons (Fsp3) is 0.455.